The second kappa shape index (κ2) is 13.6. The van der Waals surface area contributed by atoms with Gasteiger partial charge in [0, 0.05) is 55.1 Å². The molecule has 4 nitrogen and oxygen atoms in total. The van der Waals surface area contributed by atoms with E-state index in [4.69, 9.17) is 8.83 Å². The summed E-state index contributed by atoms with van der Waals surface area (Å²) in [5, 5.41) is 9.22. The molecule has 13 rings (SSSR count). The van der Waals surface area contributed by atoms with Gasteiger partial charge in [0.1, 0.15) is 22.3 Å². The van der Waals surface area contributed by atoms with E-state index in [0.29, 0.717) is 0 Å². The van der Waals surface area contributed by atoms with E-state index in [-0.39, 0.29) is 0 Å². The average Bonchev–Trinajstić information content (AvgIpc) is 4.02. The van der Waals surface area contributed by atoms with Crippen molar-refractivity contribution < 1.29 is 8.83 Å². The lowest BCUT2D eigenvalue weighted by atomic mass is 9.98. The second-order valence-electron chi connectivity index (χ2n) is 16.0. The molecule has 3 aromatic heterocycles. The van der Waals surface area contributed by atoms with Crippen LogP contribution in [0, 0.1) is 0 Å². The van der Waals surface area contributed by atoms with Gasteiger partial charge in [-0.2, -0.15) is 0 Å². The number of nitrogens with zero attached hydrogens (tertiary/aromatic N) is 2. The molecule has 0 unspecified atom stereocenters. The standard InChI is InChI=1S/C58H36N2O2/c1-2-14-39-35-43(32-27-37(39)13-1)59(42-16-11-15-40(36-42)44-21-12-22-49-48-19-5-9-25-54(48)61-57(44)49)53-34-33-45(58-56(53)50-20-6-10-26-55(50)62-58)38-28-30-41(31-29-38)60-51-23-7-3-17-46(51)47-18-4-8-24-52(47)60/h1-36H. The van der Waals surface area contributed by atoms with Gasteiger partial charge in [-0.15, -0.1) is 0 Å². The van der Waals surface area contributed by atoms with E-state index in [9.17, 15) is 0 Å². The number of fused-ring (bicyclic) bond motifs is 10. The number of anilines is 3. The normalized spacial score (nSPS) is 11.9. The summed E-state index contributed by atoms with van der Waals surface area (Å²) in [7, 11) is 0. The summed E-state index contributed by atoms with van der Waals surface area (Å²) < 4.78 is 15.8. The van der Waals surface area contributed by atoms with Gasteiger partial charge in [-0.05, 0) is 94.7 Å². The fraction of sp³-hybridized carbons (Fsp3) is 0. The highest BCUT2D eigenvalue weighted by Gasteiger charge is 2.23. The van der Waals surface area contributed by atoms with Crippen molar-refractivity contribution in [3.63, 3.8) is 0 Å². The highest BCUT2D eigenvalue weighted by Crippen LogP contribution is 2.48. The van der Waals surface area contributed by atoms with Crippen LogP contribution in [0.1, 0.15) is 0 Å². The van der Waals surface area contributed by atoms with E-state index in [2.05, 4.69) is 210 Å². The van der Waals surface area contributed by atoms with Gasteiger partial charge in [0.05, 0.1) is 22.1 Å². The smallest absolute Gasteiger partial charge is 0.145 e. The second-order valence-corrected chi connectivity index (χ2v) is 16.0. The average molecular weight is 793 g/mol. The number of furan rings is 2. The molecule has 4 heteroatoms. The Balaban J connectivity index is 1.01. The van der Waals surface area contributed by atoms with Crippen molar-refractivity contribution in [2.24, 2.45) is 0 Å². The van der Waals surface area contributed by atoms with Crippen molar-refractivity contribution in [3.05, 3.63) is 218 Å². The highest BCUT2D eigenvalue weighted by molar-refractivity contribution is 6.18. The predicted molar refractivity (Wildman–Crippen MR) is 258 cm³/mol. The van der Waals surface area contributed by atoms with Gasteiger partial charge in [-0.25, -0.2) is 0 Å². The summed E-state index contributed by atoms with van der Waals surface area (Å²) in [5.41, 5.74) is 14.3. The molecule has 10 aromatic carbocycles. The largest absolute Gasteiger partial charge is 0.455 e. The molecule has 0 saturated heterocycles. The van der Waals surface area contributed by atoms with Crippen molar-refractivity contribution in [1.29, 1.82) is 0 Å². The molecule has 3 heterocycles. The fourth-order valence-electron chi connectivity index (χ4n) is 9.75. The summed E-state index contributed by atoms with van der Waals surface area (Å²) in [6.45, 7) is 0. The van der Waals surface area contributed by atoms with Crippen LogP contribution in [0.4, 0.5) is 17.1 Å². The molecule has 0 radical (unpaired) electrons. The van der Waals surface area contributed by atoms with Crippen molar-refractivity contribution in [2.75, 3.05) is 4.90 Å². The van der Waals surface area contributed by atoms with Crippen LogP contribution < -0.4 is 4.90 Å². The number of para-hydroxylation sites is 5. The molecule has 0 atom stereocenters. The Hall–Kier alpha value is -8.34. The molecule has 0 spiro atoms. The first-order chi connectivity index (χ1) is 30.7. The quantitative estimate of drug-likeness (QED) is 0.168. The van der Waals surface area contributed by atoms with E-state index >= 15 is 0 Å². The maximum atomic E-state index is 6.91. The van der Waals surface area contributed by atoms with Crippen molar-refractivity contribution in [2.45, 2.75) is 0 Å². The molecular weight excluding hydrogens is 757 g/mol. The molecule has 0 aliphatic carbocycles. The number of hydrogen-bond donors (Lipinski definition) is 0. The number of hydrogen-bond acceptors (Lipinski definition) is 3. The number of aromatic nitrogens is 1. The van der Waals surface area contributed by atoms with Gasteiger partial charge in [0.2, 0.25) is 0 Å². The molecule has 290 valence electrons. The predicted octanol–water partition coefficient (Wildman–Crippen LogP) is 16.5. The van der Waals surface area contributed by atoms with Gasteiger partial charge in [0.15, 0.2) is 0 Å². The van der Waals surface area contributed by atoms with Gasteiger partial charge in [0.25, 0.3) is 0 Å². The fourth-order valence-corrected chi connectivity index (χ4v) is 9.75. The van der Waals surface area contributed by atoms with Crippen LogP contribution in [0.3, 0.4) is 0 Å². The molecule has 13 aromatic rings. The van der Waals surface area contributed by atoms with Crippen LogP contribution in [-0.2, 0) is 0 Å². The third kappa shape index (κ3) is 5.27. The van der Waals surface area contributed by atoms with Gasteiger partial charge in [-0.1, -0.05) is 146 Å². The zero-order valence-corrected chi connectivity index (χ0v) is 33.5. The molecule has 0 saturated carbocycles. The summed E-state index contributed by atoms with van der Waals surface area (Å²) in [6, 6.07) is 77.9. The maximum Gasteiger partial charge on any atom is 0.145 e. The minimum absolute atomic E-state index is 0.849. The van der Waals surface area contributed by atoms with Crippen LogP contribution in [0.25, 0.3) is 104 Å². The monoisotopic (exact) mass is 792 g/mol. The molecule has 62 heavy (non-hydrogen) atoms. The first-order valence-corrected chi connectivity index (χ1v) is 21.1. The third-order valence-electron chi connectivity index (χ3n) is 12.6. The number of benzene rings is 10. The zero-order chi connectivity index (χ0) is 40.7. The van der Waals surface area contributed by atoms with E-state index in [0.717, 1.165) is 88.9 Å². The molecule has 0 aliphatic heterocycles. The third-order valence-corrected chi connectivity index (χ3v) is 12.6. The zero-order valence-electron chi connectivity index (χ0n) is 33.5. The Bertz CT molecular complexity index is 3830. The van der Waals surface area contributed by atoms with Crippen molar-refractivity contribution in [3.8, 4) is 27.9 Å². The Labute approximate surface area is 356 Å². The minimum atomic E-state index is 0.849. The topological polar surface area (TPSA) is 34.5 Å². The molecule has 0 fully saturated rings. The Morgan fingerprint density at radius 3 is 1.74 bits per heavy atom. The van der Waals surface area contributed by atoms with E-state index in [1.54, 1.807) is 0 Å². The minimum Gasteiger partial charge on any atom is -0.455 e. The molecule has 0 aliphatic rings. The van der Waals surface area contributed by atoms with Crippen molar-refractivity contribution in [1.82, 2.24) is 4.57 Å². The van der Waals surface area contributed by atoms with Crippen LogP contribution >= 0.6 is 0 Å². The summed E-state index contributed by atoms with van der Waals surface area (Å²) >= 11 is 0. The van der Waals surface area contributed by atoms with E-state index in [1.165, 1.54) is 32.6 Å². The molecule has 0 N–H and O–H groups in total. The van der Waals surface area contributed by atoms with Crippen molar-refractivity contribution >= 4 is 93.5 Å². The Morgan fingerprint density at radius 1 is 0.355 bits per heavy atom. The Morgan fingerprint density at radius 2 is 0.952 bits per heavy atom. The van der Waals surface area contributed by atoms with Crippen LogP contribution in [-0.4, -0.2) is 4.57 Å². The lowest BCUT2D eigenvalue weighted by Gasteiger charge is -2.27. The SMILES string of the molecule is c1cc(-c2cccc3c2oc2ccccc23)cc(N(c2ccc3ccccc3c2)c2ccc(-c3ccc(-n4c5ccccc5c5ccccc54)cc3)c3oc4ccccc4c23)c1. The van der Waals surface area contributed by atoms with E-state index in [1.807, 2.05) is 18.2 Å². The Kier molecular flexibility index (Phi) is 7.57. The summed E-state index contributed by atoms with van der Waals surface area (Å²) in [4.78, 5) is 2.38. The lowest BCUT2D eigenvalue weighted by Crippen LogP contribution is -2.10. The van der Waals surface area contributed by atoms with E-state index < -0.39 is 0 Å². The van der Waals surface area contributed by atoms with Gasteiger partial charge in [-0.3, -0.25) is 0 Å². The summed E-state index contributed by atoms with van der Waals surface area (Å²) in [6.07, 6.45) is 0. The highest BCUT2D eigenvalue weighted by atomic mass is 16.3. The molecule has 0 bridgehead atoms. The van der Waals surface area contributed by atoms with Crippen LogP contribution in [0.2, 0.25) is 0 Å². The maximum absolute atomic E-state index is 6.91. The molecule has 0 amide bonds. The van der Waals surface area contributed by atoms with Crippen LogP contribution in [0.5, 0.6) is 0 Å². The van der Waals surface area contributed by atoms with Gasteiger partial charge < -0.3 is 18.3 Å². The molecular formula is C58H36N2O2. The first-order valence-electron chi connectivity index (χ1n) is 21.1. The number of rotatable bonds is 6. The lowest BCUT2D eigenvalue weighted by molar-refractivity contribution is 0.669. The van der Waals surface area contributed by atoms with Crippen LogP contribution in [0.15, 0.2) is 227 Å². The first kappa shape index (κ1) is 34.5. The summed E-state index contributed by atoms with van der Waals surface area (Å²) in [5.74, 6) is 0. The van der Waals surface area contributed by atoms with Gasteiger partial charge >= 0.3 is 0 Å².